The van der Waals surface area contributed by atoms with Gasteiger partial charge in [0.1, 0.15) is 0 Å². The van der Waals surface area contributed by atoms with Gasteiger partial charge in [0.05, 0.1) is 0 Å². The minimum Gasteiger partial charge on any atom is -0.0622 e. The second-order valence-corrected chi connectivity index (χ2v) is 10.5. The predicted octanol–water partition coefficient (Wildman–Crippen LogP) is 11.3. The standard InChI is InChI=1S/C40H32/c1-29(35-9-5-3-6-10-35)23-33-17-21-37-25-31(15-19-39(37)27-33)13-14-32-16-20-40-28-34(18-22-38(40)26-32)24-30(2)36-11-7-4-8-12-36/h3-28H,1-2H3/b14-13+,29-23+,30-24+. The third-order valence-corrected chi connectivity index (χ3v) is 7.47. The van der Waals surface area contributed by atoms with E-state index in [0.717, 1.165) is 0 Å². The van der Waals surface area contributed by atoms with Gasteiger partial charge < -0.3 is 0 Å². The van der Waals surface area contributed by atoms with Crippen LogP contribution < -0.4 is 0 Å². The molecule has 6 aromatic carbocycles. The normalized spacial score (nSPS) is 12.4. The molecule has 0 nitrogen and oxygen atoms in total. The van der Waals surface area contributed by atoms with Gasteiger partial charge in [-0.2, -0.15) is 0 Å². The molecule has 40 heavy (non-hydrogen) atoms. The molecule has 0 atom stereocenters. The van der Waals surface area contributed by atoms with Crippen molar-refractivity contribution < 1.29 is 0 Å². The van der Waals surface area contributed by atoms with Crippen molar-refractivity contribution in [2.75, 3.05) is 0 Å². The average molecular weight is 513 g/mol. The minimum absolute atomic E-state index is 1.20. The van der Waals surface area contributed by atoms with Gasteiger partial charge in [0.25, 0.3) is 0 Å². The highest BCUT2D eigenvalue weighted by molar-refractivity contribution is 5.92. The Morgan fingerprint density at radius 2 is 0.700 bits per heavy atom. The monoisotopic (exact) mass is 512 g/mol. The number of allylic oxidation sites excluding steroid dienone is 2. The van der Waals surface area contributed by atoms with E-state index in [1.807, 2.05) is 0 Å². The van der Waals surface area contributed by atoms with Gasteiger partial charge in [-0.3, -0.25) is 0 Å². The van der Waals surface area contributed by atoms with Crippen LogP contribution in [-0.4, -0.2) is 0 Å². The molecule has 0 aliphatic carbocycles. The van der Waals surface area contributed by atoms with Gasteiger partial charge in [-0.25, -0.2) is 0 Å². The summed E-state index contributed by atoms with van der Waals surface area (Å²) in [7, 11) is 0. The molecule has 0 bridgehead atoms. The highest BCUT2D eigenvalue weighted by Crippen LogP contribution is 2.25. The molecule has 0 heterocycles. The SMILES string of the molecule is C/C(=C\c1ccc2cc(/C=C/c3ccc4cc(/C=C(\C)c5ccccc5)ccc4c3)ccc2c1)c1ccccc1. The van der Waals surface area contributed by atoms with E-state index in [1.54, 1.807) is 0 Å². The molecule has 0 saturated carbocycles. The van der Waals surface area contributed by atoms with Gasteiger partial charge in [-0.1, -0.05) is 133 Å². The summed E-state index contributed by atoms with van der Waals surface area (Å²) >= 11 is 0. The molecule has 0 heteroatoms. The third kappa shape index (κ3) is 5.87. The summed E-state index contributed by atoms with van der Waals surface area (Å²) in [6, 6.07) is 47.8. The molecule has 0 radical (unpaired) electrons. The number of hydrogen-bond acceptors (Lipinski definition) is 0. The lowest BCUT2D eigenvalue weighted by Gasteiger charge is -2.05. The molecular weight excluding hydrogens is 480 g/mol. The van der Waals surface area contributed by atoms with Crippen LogP contribution in [-0.2, 0) is 0 Å². The fourth-order valence-electron chi connectivity index (χ4n) is 5.21. The molecule has 192 valence electrons. The Balaban J connectivity index is 1.19. The Morgan fingerprint density at radius 3 is 1.07 bits per heavy atom. The lowest BCUT2D eigenvalue weighted by atomic mass is 10.00. The molecule has 0 aliphatic rings. The Morgan fingerprint density at radius 1 is 0.375 bits per heavy atom. The summed E-state index contributed by atoms with van der Waals surface area (Å²) in [5, 5.41) is 5.01. The summed E-state index contributed by atoms with van der Waals surface area (Å²) in [5.74, 6) is 0. The van der Waals surface area contributed by atoms with Crippen LogP contribution in [0.15, 0.2) is 133 Å². The minimum atomic E-state index is 1.20. The van der Waals surface area contributed by atoms with Crippen LogP contribution in [0.4, 0.5) is 0 Å². The molecule has 0 spiro atoms. The highest BCUT2D eigenvalue weighted by atomic mass is 14.1. The van der Waals surface area contributed by atoms with Crippen molar-refractivity contribution in [2.45, 2.75) is 13.8 Å². The van der Waals surface area contributed by atoms with E-state index in [-0.39, 0.29) is 0 Å². The van der Waals surface area contributed by atoms with Gasteiger partial charge in [0.15, 0.2) is 0 Å². The van der Waals surface area contributed by atoms with E-state index in [9.17, 15) is 0 Å². The first-order valence-corrected chi connectivity index (χ1v) is 13.8. The van der Waals surface area contributed by atoms with Crippen LogP contribution >= 0.6 is 0 Å². The van der Waals surface area contributed by atoms with Crippen LogP contribution in [0.1, 0.15) is 47.2 Å². The highest BCUT2D eigenvalue weighted by Gasteiger charge is 2.01. The second kappa shape index (κ2) is 11.4. The van der Waals surface area contributed by atoms with Crippen molar-refractivity contribution in [2.24, 2.45) is 0 Å². The first-order valence-electron chi connectivity index (χ1n) is 13.8. The number of hydrogen-bond donors (Lipinski definition) is 0. The second-order valence-electron chi connectivity index (χ2n) is 10.5. The maximum Gasteiger partial charge on any atom is -0.0178 e. The molecule has 6 rings (SSSR count). The smallest absolute Gasteiger partial charge is 0.0178 e. The summed E-state index contributed by atoms with van der Waals surface area (Å²) in [6.45, 7) is 4.34. The zero-order chi connectivity index (χ0) is 27.3. The molecule has 0 fully saturated rings. The van der Waals surface area contributed by atoms with Gasteiger partial charge in [0.2, 0.25) is 0 Å². The molecule has 0 amide bonds. The summed E-state index contributed by atoms with van der Waals surface area (Å²) < 4.78 is 0. The first kappa shape index (κ1) is 25.3. The average Bonchev–Trinajstić information content (AvgIpc) is 3.00. The Bertz CT molecular complexity index is 1740. The van der Waals surface area contributed by atoms with Crippen molar-refractivity contribution in [1.29, 1.82) is 0 Å². The summed E-state index contributed by atoms with van der Waals surface area (Å²) in [5.41, 5.74) is 9.90. The Kier molecular flexibility index (Phi) is 7.24. The molecule has 0 aromatic heterocycles. The van der Waals surface area contributed by atoms with E-state index in [0.29, 0.717) is 0 Å². The first-order chi connectivity index (χ1) is 19.6. The van der Waals surface area contributed by atoms with Crippen molar-refractivity contribution in [3.05, 3.63) is 167 Å². The van der Waals surface area contributed by atoms with E-state index >= 15 is 0 Å². The van der Waals surface area contributed by atoms with Crippen molar-refractivity contribution in [3.8, 4) is 0 Å². The van der Waals surface area contributed by atoms with Crippen LogP contribution in [0.25, 0.3) is 57.0 Å². The van der Waals surface area contributed by atoms with Gasteiger partial charge >= 0.3 is 0 Å². The molecule has 6 aromatic rings. The molecule has 0 unspecified atom stereocenters. The van der Waals surface area contributed by atoms with Crippen LogP contribution in [0.5, 0.6) is 0 Å². The van der Waals surface area contributed by atoms with E-state index < -0.39 is 0 Å². The van der Waals surface area contributed by atoms with Crippen molar-refractivity contribution in [1.82, 2.24) is 0 Å². The van der Waals surface area contributed by atoms with Crippen molar-refractivity contribution in [3.63, 3.8) is 0 Å². The number of rotatable bonds is 6. The van der Waals surface area contributed by atoms with Crippen molar-refractivity contribution >= 4 is 57.0 Å². The van der Waals surface area contributed by atoms with Gasteiger partial charge in [0, 0.05) is 0 Å². The van der Waals surface area contributed by atoms with Gasteiger partial charge in [-0.15, -0.1) is 0 Å². The molecular formula is C40H32. The lowest BCUT2D eigenvalue weighted by Crippen LogP contribution is -1.82. The Hall–Kier alpha value is -4.94. The maximum absolute atomic E-state index is 2.27. The van der Waals surface area contributed by atoms with Gasteiger partial charge in [-0.05, 0) is 104 Å². The summed E-state index contributed by atoms with van der Waals surface area (Å²) in [4.78, 5) is 0. The molecule has 0 N–H and O–H groups in total. The topological polar surface area (TPSA) is 0 Å². The zero-order valence-corrected chi connectivity index (χ0v) is 23.0. The summed E-state index contributed by atoms with van der Waals surface area (Å²) in [6.07, 6.45) is 8.92. The quantitative estimate of drug-likeness (QED) is 0.195. The van der Waals surface area contributed by atoms with E-state index in [2.05, 4.69) is 172 Å². The lowest BCUT2D eigenvalue weighted by molar-refractivity contribution is 1.58. The number of benzene rings is 6. The Labute approximate surface area is 237 Å². The molecule has 0 saturated heterocycles. The third-order valence-electron chi connectivity index (χ3n) is 7.47. The predicted molar refractivity (Wildman–Crippen MR) is 177 cm³/mol. The van der Waals surface area contributed by atoms with Crippen LogP contribution in [0.3, 0.4) is 0 Å². The zero-order valence-electron chi connectivity index (χ0n) is 23.0. The number of fused-ring (bicyclic) bond motifs is 2. The fourth-order valence-corrected chi connectivity index (χ4v) is 5.21. The fraction of sp³-hybridized carbons (Fsp3) is 0.0500. The van der Waals surface area contributed by atoms with Crippen LogP contribution in [0, 0.1) is 0 Å². The van der Waals surface area contributed by atoms with E-state index in [1.165, 1.54) is 66.1 Å². The largest absolute Gasteiger partial charge is 0.0622 e. The van der Waals surface area contributed by atoms with Crippen LogP contribution in [0.2, 0.25) is 0 Å². The maximum atomic E-state index is 2.27. The molecule has 0 aliphatic heterocycles. The van der Waals surface area contributed by atoms with E-state index in [4.69, 9.17) is 0 Å².